The van der Waals surface area contributed by atoms with E-state index in [1.54, 1.807) is 23.4 Å². The standard InChI is InChI=1S/2C23H25F3N6O2S/c2*24-23(25,26)15-2-1-14-8-29-31-21(18(14)7-15)28-10-20(33)30-16-11-32(12-16)17-3-5-22(34,6-4-17)19-9-27-13-35-19/h2*1-2,7-9,13,16-17,34H,3-6,10-12H2,(H,28,31)(H,30,33). The molecule has 6 N–H and O–H groups in total. The number of fused-ring (bicyclic) bond motifs is 2. The molecule has 6 heterocycles. The number of rotatable bonds is 12. The van der Waals surface area contributed by atoms with Gasteiger partial charge in [0.25, 0.3) is 0 Å². The highest BCUT2D eigenvalue weighted by Crippen LogP contribution is 2.42. The lowest BCUT2D eigenvalue weighted by atomic mass is 9.80. The van der Waals surface area contributed by atoms with Crippen LogP contribution in [0.3, 0.4) is 0 Å². The number of carbonyl (C=O) groups excluding carboxylic acids is 2. The van der Waals surface area contributed by atoms with Crippen molar-refractivity contribution in [2.45, 2.75) is 99.1 Å². The summed E-state index contributed by atoms with van der Waals surface area (Å²) in [6, 6.07) is 7.47. The number of nitrogens with one attached hydrogen (secondary N) is 4. The first kappa shape index (κ1) is 49.3. The van der Waals surface area contributed by atoms with E-state index in [9.17, 15) is 46.1 Å². The molecule has 4 fully saturated rings. The van der Waals surface area contributed by atoms with E-state index in [4.69, 9.17) is 0 Å². The van der Waals surface area contributed by atoms with E-state index in [-0.39, 0.29) is 59.4 Å². The summed E-state index contributed by atoms with van der Waals surface area (Å²) in [5.74, 6) is -0.253. The molecule has 2 aliphatic heterocycles. The lowest BCUT2D eigenvalue weighted by molar-refractivity contribution is -0.138. The predicted molar refractivity (Wildman–Crippen MR) is 250 cm³/mol. The van der Waals surface area contributed by atoms with Crippen LogP contribution in [0.4, 0.5) is 38.0 Å². The quantitative estimate of drug-likeness (QED) is 0.0746. The molecule has 4 aromatic heterocycles. The summed E-state index contributed by atoms with van der Waals surface area (Å²) < 4.78 is 78.5. The topological polar surface area (TPSA) is 207 Å². The number of amides is 2. The zero-order valence-corrected chi connectivity index (χ0v) is 39.1. The molecule has 0 spiro atoms. The van der Waals surface area contributed by atoms with Crippen LogP contribution in [0.1, 0.15) is 72.2 Å². The van der Waals surface area contributed by atoms with Crippen molar-refractivity contribution in [1.29, 1.82) is 0 Å². The van der Waals surface area contributed by atoms with Crippen LogP contribution in [-0.4, -0.2) is 126 Å². The molecule has 2 saturated carbocycles. The molecule has 6 aromatic rings. The molecule has 0 unspecified atom stereocenters. The fraction of sp³-hybridized carbons (Fsp3) is 0.478. The van der Waals surface area contributed by atoms with E-state index in [1.165, 1.54) is 47.2 Å². The van der Waals surface area contributed by atoms with Crippen molar-refractivity contribution in [2.24, 2.45) is 0 Å². The van der Waals surface area contributed by atoms with Crippen molar-refractivity contribution >= 4 is 67.7 Å². The molecular weight excluding hydrogens is 963 g/mol. The molecule has 0 radical (unpaired) electrons. The second-order valence-corrected chi connectivity index (χ2v) is 20.2. The van der Waals surface area contributed by atoms with E-state index in [2.05, 4.69) is 61.4 Å². The van der Waals surface area contributed by atoms with Gasteiger partial charge in [0, 0.05) is 72.2 Å². The second kappa shape index (κ2) is 20.2. The van der Waals surface area contributed by atoms with Crippen molar-refractivity contribution in [2.75, 3.05) is 49.9 Å². The van der Waals surface area contributed by atoms with Crippen LogP contribution < -0.4 is 21.3 Å². The maximum absolute atomic E-state index is 13.1. The lowest BCUT2D eigenvalue weighted by Crippen LogP contribution is -2.63. The molecular formula is C46H50F6N12O4S2. The Hall–Kier alpha value is -5.66. The van der Waals surface area contributed by atoms with Gasteiger partial charge in [0.1, 0.15) is 11.2 Å². The number of hydrogen-bond acceptors (Lipinski definition) is 16. The fourth-order valence-electron chi connectivity index (χ4n) is 9.73. The van der Waals surface area contributed by atoms with Gasteiger partial charge < -0.3 is 31.5 Å². The van der Waals surface area contributed by atoms with Gasteiger partial charge in [0.15, 0.2) is 11.6 Å². The minimum Gasteiger partial charge on any atom is -0.384 e. The molecule has 16 nitrogen and oxygen atoms in total. The summed E-state index contributed by atoms with van der Waals surface area (Å²) in [4.78, 5) is 39.5. The first-order valence-electron chi connectivity index (χ1n) is 22.8. The van der Waals surface area contributed by atoms with Gasteiger partial charge in [-0.15, -0.1) is 32.9 Å². The Bertz CT molecular complexity index is 2570. The minimum atomic E-state index is -4.47. The average molecular weight is 1010 g/mol. The largest absolute Gasteiger partial charge is 0.416 e. The van der Waals surface area contributed by atoms with E-state index in [0.29, 0.717) is 48.5 Å². The van der Waals surface area contributed by atoms with E-state index >= 15 is 0 Å². The van der Waals surface area contributed by atoms with E-state index in [0.717, 1.165) is 85.9 Å². The van der Waals surface area contributed by atoms with Crippen LogP contribution in [-0.2, 0) is 33.1 Å². The summed E-state index contributed by atoms with van der Waals surface area (Å²) in [5, 5.41) is 50.2. The number of anilines is 2. The molecule has 4 aliphatic rings. The first-order chi connectivity index (χ1) is 33.4. The number of nitrogens with zero attached hydrogens (tertiary/aromatic N) is 8. The van der Waals surface area contributed by atoms with Gasteiger partial charge in [-0.05, 0) is 75.6 Å². The van der Waals surface area contributed by atoms with Gasteiger partial charge >= 0.3 is 12.4 Å². The van der Waals surface area contributed by atoms with Crippen LogP contribution in [0.5, 0.6) is 0 Å². The number of carbonyl (C=O) groups is 2. The van der Waals surface area contributed by atoms with E-state index < -0.39 is 34.7 Å². The Morgan fingerprint density at radius 1 is 0.614 bits per heavy atom. The average Bonchev–Trinajstić information content (AvgIpc) is 4.08. The van der Waals surface area contributed by atoms with Crippen LogP contribution in [0.2, 0.25) is 0 Å². The Labute approximate surface area is 405 Å². The lowest BCUT2D eigenvalue weighted by Gasteiger charge is -2.48. The zero-order chi connectivity index (χ0) is 49.3. The minimum absolute atomic E-state index is 0.0158. The van der Waals surface area contributed by atoms with Gasteiger partial charge in [-0.1, -0.05) is 12.1 Å². The number of halogens is 6. The van der Waals surface area contributed by atoms with Gasteiger partial charge in [-0.2, -0.15) is 36.5 Å². The molecule has 2 saturated heterocycles. The summed E-state index contributed by atoms with van der Waals surface area (Å²) in [7, 11) is 0. The van der Waals surface area contributed by atoms with E-state index in [1.807, 2.05) is 0 Å². The third kappa shape index (κ3) is 11.3. The summed E-state index contributed by atoms with van der Waals surface area (Å²) in [5.41, 5.74) is 0.342. The molecule has 2 aliphatic carbocycles. The Kier molecular flexibility index (Phi) is 14.2. The molecule has 2 aromatic carbocycles. The first-order valence-corrected chi connectivity index (χ1v) is 24.6. The molecule has 0 bridgehead atoms. The Balaban J connectivity index is 0.000000174. The van der Waals surface area contributed by atoms with Gasteiger partial charge in [0.05, 0.1) is 69.5 Å². The van der Waals surface area contributed by atoms with Crippen molar-refractivity contribution in [1.82, 2.24) is 50.8 Å². The number of hydrogen-bond donors (Lipinski definition) is 6. The molecule has 2 amide bonds. The number of aromatic nitrogens is 6. The van der Waals surface area contributed by atoms with Gasteiger partial charge in [-0.3, -0.25) is 29.4 Å². The van der Waals surface area contributed by atoms with Crippen molar-refractivity contribution < 1.29 is 46.1 Å². The summed E-state index contributed by atoms with van der Waals surface area (Å²) in [6.07, 6.45) is 3.62. The number of thiazole rings is 2. The number of likely N-dealkylation sites (tertiary alicyclic amines) is 2. The highest BCUT2D eigenvalue weighted by molar-refractivity contribution is 7.10. The van der Waals surface area contributed by atoms with Crippen LogP contribution in [0.15, 0.2) is 72.2 Å². The molecule has 372 valence electrons. The van der Waals surface area contributed by atoms with Crippen molar-refractivity contribution in [3.63, 3.8) is 0 Å². The van der Waals surface area contributed by atoms with Crippen LogP contribution in [0, 0.1) is 0 Å². The third-order valence-corrected chi connectivity index (χ3v) is 15.7. The van der Waals surface area contributed by atoms with Crippen molar-refractivity contribution in [3.05, 3.63) is 93.1 Å². The van der Waals surface area contributed by atoms with Gasteiger partial charge in [-0.25, -0.2) is 0 Å². The second-order valence-electron chi connectivity index (χ2n) is 18.4. The summed E-state index contributed by atoms with van der Waals surface area (Å²) >= 11 is 2.97. The molecule has 24 heteroatoms. The normalized spacial score (nSPS) is 23.7. The maximum atomic E-state index is 13.1. The van der Waals surface area contributed by atoms with Gasteiger partial charge in [0.2, 0.25) is 11.8 Å². The smallest absolute Gasteiger partial charge is 0.384 e. The predicted octanol–water partition coefficient (Wildman–Crippen LogP) is 6.30. The fourth-order valence-corrected chi connectivity index (χ4v) is 11.3. The van der Waals surface area contributed by atoms with Crippen LogP contribution >= 0.6 is 22.7 Å². The number of benzene rings is 2. The number of alkyl halides is 6. The van der Waals surface area contributed by atoms with Crippen LogP contribution in [0.25, 0.3) is 21.5 Å². The summed E-state index contributed by atoms with van der Waals surface area (Å²) in [6.45, 7) is 2.70. The highest BCUT2D eigenvalue weighted by atomic mass is 32.1. The SMILES string of the molecule is O=C(CNc1nncc2ccc(C(F)(F)F)cc12)NC1CN(C2CCC(O)(c3cncs3)CC2)C1.O=C(CNc1nncc2ccc(C(F)(F)F)cc12)NC1CN(C2CCC(O)(c3cncs3)CC2)C1. The maximum Gasteiger partial charge on any atom is 0.416 e. The third-order valence-electron chi connectivity index (χ3n) is 13.7. The zero-order valence-electron chi connectivity index (χ0n) is 37.5. The van der Waals surface area contributed by atoms with Crippen molar-refractivity contribution in [3.8, 4) is 0 Å². The number of aliphatic hydroxyl groups is 2. The Morgan fingerprint density at radius 3 is 1.34 bits per heavy atom. The highest BCUT2D eigenvalue weighted by Gasteiger charge is 2.43. The molecule has 0 atom stereocenters. The molecule has 70 heavy (non-hydrogen) atoms. The molecule has 10 rings (SSSR count). The Morgan fingerprint density at radius 2 is 1.00 bits per heavy atom. The monoisotopic (exact) mass is 1010 g/mol.